The van der Waals surface area contributed by atoms with Crippen LogP contribution in [0.1, 0.15) is 34.1 Å². The van der Waals surface area contributed by atoms with E-state index < -0.39 is 55.0 Å². The van der Waals surface area contributed by atoms with Gasteiger partial charge >= 0.3 is 5.97 Å². The van der Waals surface area contributed by atoms with Crippen molar-refractivity contribution < 1.29 is 44.5 Å². The molecule has 0 aliphatic carbocycles. The number of aliphatic hydroxyl groups excluding tert-OH is 4. The van der Waals surface area contributed by atoms with Crippen LogP contribution in [0.15, 0.2) is 0 Å². The van der Waals surface area contributed by atoms with Crippen LogP contribution in [-0.4, -0.2) is 86.6 Å². The molecule has 0 radical (unpaired) electrons. The van der Waals surface area contributed by atoms with Crippen molar-refractivity contribution in [2.75, 3.05) is 6.61 Å². The van der Waals surface area contributed by atoms with Crippen LogP contribution < -0.4 is 0 Å². The number of aliphatic hydroxyl groups is 5. The maximum atomic E-state index is 12.0. The van der Waals surface area contributed by atoms with E-state index in [1.807, 2.05) is 0 Å². The van der Waals surface area contributed by atoms with Gasteiger partial charge in [-0.3, -0.25) is 0 Å². The highest BCUT2D eigenvalue weighted by Gasteiger charge is 2.46. The number of esters is 1. The molecule has 0 amide bonds. The summed E-state index contributed by atoms with van der Waals surface area (Å²) in [5, 5.41) is 49.3. The van der Waals surface area contributed by atoms with Gasteiger partial charge in [-0.25, -0.2) is 4.79 Å². The highest BCUT2D eigenvalue weighted by atomic mass is 16.7. The SMILES string of the molecule is CC[C@@](O)(C(=O)OC[C@H]1O[C@@H](OC(C)C)[C@H](O)[C@@H](O)[C@@H]1O)[C@@H](C)O. The molecular formula is C15H28O9. The Morgan fingerprint density at radius 1 is 1.17 bits per heavy atom. The number of carbonyl (C=O) groups is 1. The third-order valence-corrected chi connectivity index (χ3v) is 4.04. The molecule has 5 N–H and O–H groups in total. The normalized spacial score (nSPS) is 34.7. The minimum Gasteiger partial charge on any atom is -0.461 e. The second-order valence-electron chi connectivity index (χ2n) is 6.25. The van der Waals surface area contributed by atoms with Gasteiger partial charge in [-0.15, -0.1) is 0 Å². The van der Waals surface area contributed by atoms with E-state index in [1.165, 1.54) is 13.8 Å². The van der Waals surface area contributed by atoms with Crippen molar-refractivity contribution in [1.82, 2.24) is 0 Å². The fourth-order valence-electron chi connectivity index (χ4n) is 2.33. The molecule has 0 saturated carbocycles. The van der Waals surface area contributed by atoms with E-state index >= 15 is 0 Å². The second kappa shape index (κ2) is 8.52. The summed E-state index contributed by atoms with van der Waals surface area (Å²) in [6.07, 6.45) is -8.61. The first-order valence-electron chi connectivity index (χ1n) is 7.97. The molecule has 24 heavy (non-hydrogen) atoms. The van der Waals surface area contributed by atoms with Crippen LogP contribution in [0.5, 0.6) is 0 Å². The molecule has 1 heterocycles. The van der Waals surface area contributed by atoms with E-state index in [0.717, 1.165) is 0 Å². The Kier molecular flexibility index (Phi) is 7.54. The highest BCUT2D eigenvalue weighted by Crippen LogP contribution is 2.24. The molecule has 0 aromatic heterocycles. The standard InChI is InChI=1S/C15H28O9/c1-5-15(21,8(4)16)14(20)22-6-9-10(17)11(18)12(19)13(24-9)23-7(2)3/h7-13,16-19,21H,5-6H2,1-4H3/t8-,9-,10-,11+,12-,13-,15+/m1/s1. The first-order chi connectivity index (χ1) is 11.0. The zero-order valence-electron chi connectivity index (χ0n) is 14.3. The third-order valence-electron chi connectivity index (χ3n) is 4.04. The van der Waals surface area contributed by atoms with E-state index in [1.54, 1.807) is 13.8 Å². The van der Waals surface area contributed by atoms with Crippen LogP contribution in [0.2, 0.25) is 0 Å². The Labute approximate surface area is 140 Å². The molecule has 1 aliphatic rings. The van der Waals surface area contributed by atoms with Crippen molar-refractivity contribution in [3.05, 3.63) is 0 Å². The highest BCUT2D eigenvalue weighted by molar-refractivity contribution is 5.80. The molecule has 1 fully saturated rings. The summed E-state index contributed by atoms with van der Waals surface area (Å²) in [7, 11) is 0. The number of hydrogen-bond acceptors (Lipinski definition) is 9. The van der Waals surface area contributed by atoms with Crippen molar-refractivity contribution in [2.45, 2.75) is 82.6 Å². The summed E-state index contributed by atoms with van der Waals surface area (Å²) < 4.78 is 15.6. The minimum atomic E-state index is -2.08. The monoisotopic (exact) mass is 352 g/mol. The lowest BCUT2D eigenvalue weighted by Gasteiger charge is -2.40. The van der Waals surface area contributed by atoms with Gasteiger partial charge in [0.05, 0.1) is 12.2 Å². The summed E-state index contributed by atoms with van der Waals surface area (Å²) in [4.78, 5) is 12.0. The van der Waals surface area contributed by atoms with Crippen molar-refractivity contribution in [3.63, 3.8) is 0 Å². The summed E-state index contributed by atoms with van der Waals surface area (Å²) in [5.74, 6) is -1.07. The first-order valence-corrected chi connectivity index (χ1v) is 7.97. The molecule has 1 saturated heterocycles. The number of rotatable bonds is 7. The summed E-state index contributed by atoms with van der Waals surface area (Å²) in [6, 6.07) is 0. The Bertz CT molecular complexity index is 414. The molecular weight excluding hydrogens is 324 g/mol. The van der Waals surface area contributed by atoms with E-state index in [0.29, 0.717) is 0 Å². The summed E-state index contributed by atoms with van der Waals surface area (Å²) in [6.45, 7) is 5.67. The average molecular weight is 352 g/mol. The number of carbonyl (C=O) groups excluding carboxylic acids is 1. The van der Waals surface area contributed by atoms with Gasteiger partial charge in [-0.05, 0) is 27.2 Å². The van der Waals surface area contributed by atoms with Gasteiger partial charge in [0, 0.05) is 0 Å². The molecule has 0 aromatic rings. The van der Waals surface area contributed by atoms with Gasteiger partial charge in [0.15, 0.2) is 11.9 Å². The molecule has 9 nitrogen and oxygen atoms in total. The first kappa shape index (κ1) is 21.2. The predicted molar refractivity (Wildman–Crippen MR) is 80.8 cm³/mol. The fourth-order valence-corrected chi connectivity index (χ4v) is 2.33. The van der Waals surface area contributed by atoms with Crippen molar-refractivity contribution in [3.8, 4) is 0 Å². The van der Waals surface area contributed by atoms with Gasteiger partial charge in [-0.2, -0.15) is 0 Å². The van der Waals surface area contributed by atoms with Gasteiger partial charge in [0.25, 0.3) is 0 Å². The molecule has 0 bridgehead atoms. The smallest absolute Gasteiger partial charge is 0.340 e. The molecule has 9 heteroatoms. The van der Waals surface area contributed by atoms with E-state index in [-0.39, 0.29) is 12.5 Å². The van der Waals surface area contributed by atoms with E-state index in [2.05, 4.69) is 0 Å². The largest absolute Gasteiger partial charge is 0.461 e. The average Bonchev–Trinajstić information content (AvgIpc) is 2.52. The molecule has 0 aromatic carbocycles. The fraction of sp³-hybridized carbons (Fsp3) is 0.933. The zero-order valence-corrected chi connectivity index (χ0v) is 14.3. The molecule has 142 valence electrons. The van der Waals surface area contributed by atoms with Gasteiger partial charge < -0.3 is 39.7 Å². The van der Waals surface area contributed by atoms with Crippen molar-refractivity contribution in [1.29, 1.82) is 0 Å². The number of ether oxygens (including phenoxy) is 3. The van der Waals surface area contributed by atoms with Crippen LogP contribution in [0.25, 0.3) is 0 Å². The second-order valence-corrected chi connectivity index (χ2v) is 6.25. The zero-order chi connectivity index (χ0) is 18.7. The lowest BCUT2D eigenvalue weighted by molar-refractivity contribution is -0.309. The molecule has 1 rings (SSSR count). The Balaban J connectivity index is 2.73. The lowest BCUT2D eigenvalue weighted by atomic mass is 9.95. The molecule has 1 aliphatic heterocycles. The maximum Gasteiger partial charge on any atom is 0.340 e. The number of hydrogen-bond donors (Lipinski definition) is 5. The van der Waals surface area contributed by atoms with Crippen LogP contribution in [0.3, 0.4) is 0 Å². The quantitative estimate of drug-likeness (QED) is 0.338. The summed E-state index contributed by atoms with van der Waals surface area (Å²) in [5.41, 5.74) is -2.08. The molecule has 0 unspecified atom stereocenters. The van der Waals surface area contributed by atoms with E-state index in [9.17, 15) is 30.3 Å². The Morgan fingerprint density at radius 2 is 1.75 bits per heavy atom. The molecule has 7 atom stereocenters. The third kappa shape index (κ3) is 4.63. The maximum absolute atomic E-state index is 12.0. The topological polar surface area (TPSA) is 146 Å². The van der Waals surface area contributed by atoms with Crippen molar-refractivity contribution >= 4 is 5.97 Å². The lowest BCUT2D eigenvalue weighted by Crippen LogP contribution is -2.60. The van der Waals surface area contributed by atoms with Gasteiger partial charge in [0.1, 0.15) is 31.0 Å². The van der Waals surface area contributed by atoms with Gasteiger partial charge in [-0.1, -0.05) is 6.92 Å². The Hall–Kier alpha value is -0.810. The minimum absolute atomic E-state index is 0.0714. The van der Waals surface area contributed by atoms with Crippen LogP contribution >= 0.6 is 0 Å². The van der Waals surface area contributed by atoms with Gasteiger partial charge in [0.2, 0.25) is 0 Å². The predicted octanol–water partition coefficient (Wildman–Crippen LogP) is -1.72. The Morgan fingerprint density at radius 3 is 2.21 bits per heavy atom. The van der Waals surface area contributed by atoms with Crippen LogP contribution in [0, 0.1) is 0 Å². The van der Waals surface area contributed by atoms with E-state index in [4.69, 9.17) is 14.2 Å². The van der Waals surface area contributed by atoms with Crippen LogP contribution in [0.4, 0.5) is 0 Å². The van der Waals surface area contributed by atoms with Crippen LogP contribution in [-0.2, 0) is 19.0 Å². The summed E-state index contributed by atoms with van der Waals surface area (Å²) >= 11 is 0. The van der Waals surface area contributed by atoms with Crippen molar-refractivity contribution in [2.24, 2.45) is 0 Å². The molecule has 0 spiro atoms.